The van der Waals surface area contributed by atoms with Crippen LogP contribution < -0.4 is 4.90 Å². The van der Waals surface area contributed by atoms with Crippen molar-refractivity contribution in [3.8, 4) is 0 Å². The number of hydrogen-bond donors (Lipinski definition) is 0. The van der Waals surface area contributed by atoms with E-state index < -0.39 is 11.0 Å². The van der Waals surface area contributed by atoms with Crippen molar-refractivity contribution in [3.63, 3.8) is 0 Å². The molecule has 0 radical (unpaired) electrons. The summed E-state index contributed by atoms with van der Waals surface area (Å²) in [6, 6.07) is 5.75. The summed E-state index contributed by atoms with van der Waals surface area (Å²) < 4.78 is 5.84. The smallest absolute Gasteiger partial charge is 0.332 e. The fraction of sp³-hybridized carbons (Fsp3) is 0.600. The van der Waals surface area contributed by atoms with Gasteiger partial charge in [-0.25, -0.2) is 4.79 Å². The highest BCUT2D eigenvalue weighted by Crippen LogP contribution is 2.53. The van der Waals surface area contributed by atoms with Gasteiger partial charge in [-0.05, 0) is 50.5 Å². The van der Waals surface area contributed by atoms with Gasteiger partial charge >= 0.3 is 5.97 Å². The molecule has 0 aromatic heterocycles. The predicted molar refractivity (Wildman–Crippen MR) is 108 cm³/mol. The Hall–Kier alpha value is -1.36. The van der Waals surface area contributed by atoms with Gasteiger partial charge in [-0.15, -0.1) is 0 Å². The number of benzene rings is 1. The molecular formula is C20H32BrNO3. The van der Waals surface area contributed by atoms with Crippen LogP contribution in [0.1, 0.15) is 67.4 Å². The zero-order valence-electron chi connectivity index (χ0n) is 15.7. The summed E-state index contributed by atoms with van der Waals surface area (Å²) in [5.74, 6) is -0.356. The predicted octanol–water partition coefficient (Wildman–Crippen LogP) is 5.47. The number of fused-ring (bicyclic) bond motifs is 1. The van der Waals surface area contributed by atoms with Crippen LogP contribution in [0.15, 0.2) is 22.7 Å². The van der Waals surface area contributed by atoms with E-state index in [2.05, 4.69) is 15.9 Å². The molecule has 1 fully saturated rings. The molecule has 1 aliphatic carbocycles. The minimum Gasteiger partial charge on any atom is -0.467 e. The average Bonchev–Trinajstić information content (AvgIpc) is 3.37. The highest BCUT2D eigenvalue weighted by molar-refractivity contribution is 9.10. The zero-order valence-corrected chi connectivity index (χ0v) is 17.3. The van der Waals surface area contributed by atoms with Crippen LogP contribution in [0.5, 0.6) is 0 Å². The van der Waals surface area contributed by atoms with Crippen LogP contribution in [0.25, 0.3) is 0 Å². The van der Waals surface area contributed by atoms with Crippen molar-refractivity contribution in [3.05, 3.63) is 28.2 Å². The molecule has 0 saturated heterocycles. The molecule has 0 N–H and O–H groups in total. The zero-order chi connectivity index (χ0) is 18.7. The molecule has 1 saturated carbocycles. The van der Waals surface area contributed by atoms with E-state index in [9.17, 15) is 9.59 Å². The van der Waals surface area contributed by atoms with Crippen molar-refractivity contribution in [2.24, 2.45) is 0 Å². The van der Waals surface area contributed by atoms with Gasteiger partial charge in [0, 0.05) is 10.2 Å². The van der Waals surface area contributed by atoms with E-state index in [1.54, 1.807) is 4.90 Å². The van der Waals surface area contributed by atoms with Gasteiger partial charge in [-0.1, -0.05) is 51.1 Å². The molecular weight excluding hydrogens is 382 g/mol. The highest BCUT2D eigenvalue weighted by Gasteiger charge is 2.63. The molecule has 1 heterocycles. The Kier molecular flexibility index (Phi) is 8.35. The van der Waals surface area contributed by atoms with Crippen molar-refractivity contribution in [2.75, 3.05) is 12.0 Å². The van der Waals surface area contributed by atoms with Crippen LogP contribution in [0.3, 0.4) is 0 Å². The first-order valence-electron chi connectivity index (χ1n) is 8.58. The largest absolute Gasteiger partial charge is 0.467 e. The van der Waals surface area contributed by atoms with Gasteiger partial charge in [0.25, 0.3) is 0 Å². The van der Waals surface area contributed by atoms with Crippen LogP contribution in [0, 0.1) is 0 Å². The van der Waals surface area contributed by atoms with Gasteiger partial charge in [0.15, 0.2) is 0 Å². The molecule has 142 valence electrons. The van der Waals surface area contributed by atoms with Gasteiger partial charge < -0.3 is 4.74 Å². The van der Waals surface area contributed by atoms with Crippen molar-refractivity contribution >= 4 is 33.5 Å². The molecule has 1 amide bonds. The van der Waals surface area contributed by atoms with Crippen molar-refractivity contribution in [1.82, 2.24) is 0 Å². The van der Waals surface area contributed by atoms with Gasteiger partial charge in [-0.2, -0.15) is 0 Å². The normalized spacial score (nSPS) is 17.8. The Morgan fingerprint density at radius 2 is 1.68 bits per heavy atom. The first-order valence-corrected chi connectivity index (χ1v) is 9.37. The summed E-state index contributed by atoms with van der Waals surface area (Å²) in [5, 5.41) is 0. The molecule has 2 aliphatic rings. The molecule has 0 atom stereocenters. The van der Waals surface area contributed by atoms with E-state index in [4.69, 9.17) is 4.74 Å². The standard InChI is InChI=1S/C15H16BrNO3.2C2H6.CH4/c1-14(2)10-8-9(16)4-5-11(10)17(12(14)18)15(6-7-15)13(19)20-3;2*1-2;/h4-5,8H,6-7H2,1-3H3;2*1-2H3;1H4. The summed E-state index contributed by atoms with van der Waals surface area (Å²) in [4.78, 5) is 26.5. The Bertz CT molecular complexity index is 621. The second-order valence-corrected chi connectivity index (χ2v) is 6.87. The average molecular weight is 414 g/mol. The number of carbonyl (C=O) groups excluding carboxylic acids is 2. The lowest BCUT2D eigenvalue weighted by atomic mass is 9.86. The highest BCUT2D eigenvalue weighted by atomic mass is 79.9. The maximum absolute atomic E-state index is 12.8. The maximum Gasteiger partial charge on any atom is 0.332 e. The SMILES string of the molecule is C.CC.CC.COC(=O)C1(N2C(=O)C(C)(C)c3cc(Br)ccc32)CC1. The van der Waals surface area contributed by atoms with E-state index in [-0.39, 0.29) is 19.3 Å². The van der Waals surface area contributed by atoms with Crippen LogP contribution in [-0.2, 0) is 19.7 Å². The molecule has 1 aromatic carbocycles. The maximum atomic E-state index is 12.8. The number of rotatable bonds is 2. The number of halogens is 1. The van der Waals surface area contributed by atoms with Gasteiger partial charge in [0.1, 0.15) is 5.54 Å². The fourth-order valence-corrected chi connectivity index (χ4v) is 3.32. The number of nitrogens with zero attached hydrogens (tertiary/aromatic N) is 1. The molecule has 1 aliphatic heterocycles. The second-order valence-electron chi connectivity index (χ2n) is 5.95. The van der Waals surface area contributed by atoms with Gasteiger partial charge in [0.05, 0.1) is 12.5 Å². The minimum atomic E-state index is -0.790. The summed E-state index contributed by atoms with van der Waals surface area (Å²) in [6.07, 6.45) is 1.33. The number of carbonyl (C=O) groups is 2. The Morgan fingerprint density at radius 3 is 2.12 bits per heavy atom. The Labute approximate surface area is 161 Å². The summed E-state index contributed by atoms with van der Waals surface area (Å²) in [5.41, 5.74) is 0.364. The quantitative estimate of drug-likeness (QED) is 0.603. The number of esters is 1. The molecule has 0 bridgehead atoms. The number of methoxy groups -OCH3 is 1. The van der Waals surface area contributed by atoms with E-state index in [1.165, 1.54) is 7.11 Å². The number of amides is 1. The molecule has 3 rings (SSSR count). The van der Waals surface area contributed by atoms with Crippen LogP contribution >= 0.6 is 15.9 Å². The third-order valence-corrected chi connectivity index (χ3v) is 4.82. The minimum absolute atomic E-state index is 0. The number of ether oxygens (including phenoxy) is 1. The topological polar surface area (TPSA) is 46.6 Å². The van der Waals surface area contributed by atoms with Gasteiger partial charge in [0.2, 0.25) is 5.91 Å². The third-order valence-electron chi connectivity index (χ3n) is 4.33. The molecule has 1 aromatic rings. The first-order chi connectivity index (χ1) is 11.3. The van der Waals surface area contributed by atoms with Crippen LogP contribution in [0.4, 0.5) is 5.69 Å². The molecule has 0 unspecified atom stereocenters. The molecule has 25 heavy (non-hydrogen) atoms. The van der Waals surface area contributed by atoms with Crippen LogP contribution in [0.2, 0.25) is 0 Å². The number of hydrogen-bond acceptors (Lipinski definition) is 3. The summed E-state index contributed by atoms with van der Waals surface area (Å²) in [7, 11) is 1.37. The summed E-state index contributed by atoms with van der Waals surface area (Å²) >= 11 is 3.44. The summed E-state index contributed by atoms with van der Waals surface area (Å²) in [6.45, 7) is 11.8. The monoisotopic (exact) mass is 413 g/mol. The van der Waals surface area contributed by atoms with Crippen molar-refractivity contribution in [1.29, 1.82) is 0 Å². The van der Waals surface area contributed by atoms with Crippen molar-refractivity contribution in [2.45, 2.75) is 72.8 Å². The lowest BCUT2D eigenvalue weighted by molar-refractivity contribution is -0.145. The second kappa shape index (κ2) is 8.84. The van der Waals surface area contributed by atoms with E-state index >= 15 is 0 Å². The molecule has 5 heteroatoms. The van der Waals surface area contributed by atoms with E-state index in [0.717, 1.165) is 15.7 Å². The molecule has 0 spiro atoms. The lowest BCUT2D eigenvalue weighted by Crippen LogP contribution is -2.49. The van der Waals surface area contributed by atoms with Crippen LogP contribution in [-0.4, -0.2) is 24.5 Å². The Balaban J connectivity index is 0.00000108. The third kappa shape index (κ3) is 3.76. The lowest BCUT2D eigenvalue weighted by Gasteiger charge is -2.27. The Morgan fingerprint density at radius 1 is 1.16 bits per heavy atom. The van der Waals surface area contributed by atoms with Gasteiger partial charge in [-0.3, -0.25) is 9.69 Å². The van der Waals surface area contributed by atoms with E-state index in [0.29, 0.717) is 12.8 Å². The first kappa shape index (κ1) is 23.6. The fourth-order valence-electron chi connectivity index (χ4n) is 2.96. The number of anilines is 1. The van der Waals surface area contributed by atoms with E-state index in [1.807, 2.05) is 59.7 Å². The van der Waals surface area contributed by atoms with Crippen molar-refractivity contribution < 1.29 is 14.3 Å². The molecule has 4 nitrogen and oxygen atoms in total.